The average molecular weight is 256 g/mol. The maximum atomic E-state index is 11.9. The summed E-state index contributed by atoms with van der Waals surface area (Å²) in [6.45, 7) is 8.83. The smallest absolute Gasteiger partial charge is 0.234 e. The third kappa shape index (κ3) is 5.14. The molecule has 5 nitrogen and oxygen atoms in total. The van der Waals surface area contributed by atoms with Gasteiger partial charge in [0.25, 0.3) is 0 Å². The first-order valence-corrected chi connectivity index (χ1v) is 6.60. The van der Waals surface area contributed by atoms with E-state index in [-0.39, 0.29) is 23.7 Å². The van der Waals surface area contributed by atoms with Gasteiger partial charge in [-0.3, -0.25) is 14.5 Å². The van der Waals surface area contributed by atoms with Crippen molar-refractivity contribution in [2.45, 2.75) is 33.2 Å². The first kappa shape index (κ1) is 15.1. The van der Waals surface area contributed by atoms with E-state index < -0.39 is 0 Å². The summed E-state index contributed by atoms with van der Waals surface area (Å²) in [5.74, 6) is 0.0577. The largest absolute Gasteiger partial charge is 0.380 e. The Morgan fingerprint density at radius 1 is 1.28 bits per heavy atom. The van der Waals surface area contributed by atoms with E-state index in [9.17, 15) is 9.59 Å². The van der Waals surface area contributed by atoms with E-state index in [4.69, 9.17) is 4.74 Å². The number of hydrogen-bond donors (Lipinski definition) is 1. The van der Waals surface area contributed by atoms with Crippen LogP contribution in [0.15, 0.2) is 0 Å². The summed E-state index contributed by atoms with van der Waals surface area (Å²) in [5, 5.41) is 2.81. The van der Waals surface area contributed by atoms with Gasteiger partial charge in [-0.1, -0.05) is 13.8 Å². The fourth-order valence-corrected chi connectivity index (χ4v) is 2.12. The average Bonchev–Trinajstić information content (AvgIpc) is 2.53. The Morgan fingerprint density at radius 2 is 2.00 bits per heavy atom. The molecule has 1 heterocycles. The van der Waals surface area contributed by atoms with Crippen molar-refractivity contribution < 1.29 is 14.3 Å². The van der Waals surface area contributed by atoms with E-state index in [0.717, 1.165) is 26.1 Å². The molecule has 0 saturated carbocycles. The van der Waals surface area contributed by atoms with Crippen LogP contribution in [0.25, 0.3) is 0 Å². The topological polar surface area (TPSA) is 58.6 Å². The molecule has 5 heteroatoms. The fourth-order valence-electron chi connectivity index (χ4n) is 2.12. The van der Waals surface area contributed by atoms with E-state index >= 15 is 0 Å². The molecular weight excluding hydrogens is 232 g/mol. The maximum Gasteiger partial charge on any atom is 0.234 e. The van der Waals surface area contributed by atoms with E-state index in [1.54, 1.807) is 0 Å². The SMILES string of the molecule is CC(=O)C(NC(=O)CN1CCCOCC1)C(C)C. The minimum atomic E-state index is -0.374. The summed E-state index contributed by atoms with van der Waals surface area (Å²) >= 11 is 0. The lowest BCUT2D eigenvalue weighted by Gasteiger charge is -2.23. The number of carbonyl (C=O) groups excluding carboxylic acids is 2. The maximum absolute atomic E-state index is 11.9. The van der Waals surface area contributed by atoms with Gasteiger partial charge in [-0.25, -0.2) is 0 Å². The van der Waals surface area contributed by atoms with Crippen molar-refractivity contribution in [1.82, 2.24) is 10.2 Å². The predicted molar refractivity (Wildman–Crippen MR) is 69.3 cm³/mol. The summed E-state index contributed by atoms with van der Waals surface area (Å²) in [6.07, 6.45) is 0.952. The van der Waals surface area contributed by atoms with Crippen molar-refractivity contribution in [3.63, 3.8) is 0 Å². The molecule has 0 aromatic carbocycles. The van der Waals surface area contributed by atoms with Crippen LogP contribution in [0.1, 0.15) is 27.2 Å². The van der Waals surface area contributed by atoms with Crippen LogP contribution in [0.5, 0.6) is 0 Å². The summed E-state index contributed by atoms with van der Waals surface area (Å²) in [6, 6.07) is -0.374. The van der Waals surface area contributed by atoms with Crippen LogP contribution >= 0.6 is 0 Å². The second-order valence-corrected chi connectivity index (χ2v) is 5.14. The minimum Gasteiger partial charge on any atom is -0.380 e. The predicted octanol–water partition coefficient (Wildman–Crippen LogP) is 0.438. The van der Waals surface area contributed by atoms with Gasteiger partial charge in [-0.05, 0) is 19.3 Å². The van der Waals surface area contributed by atoms with Crippen molar-refractivity contribution in [2.24, 2.45) is 5.92 Å². The molecule has 104 valence electrons. The lowest BCUT2D eigenvalue weighted by atomic mass is 10.0. The molecule has 1 rings (SSSR count). The molecule has 1 unspecified atom stereocenters. The number of hydrogen-bond acceptors (Lipinski definition) is 4. The lowest BCUT2D eigenvalue weighted by Crippen LogP contribution is -2.47. The second-order valence-electron chi connectivity index (χ2n) is 5.14. The molecule has 0 spiro atoms. The molecule has 0 aliphatic carbocycles. The van der Waals surface area contributed by atoms with E-state index in [0.29, 0.717) is 13.2 Å². The molecular formula is C13H24N2O3. The number of Topliss-reactive ketones (excluding diaryl/α,β-unsaturated/α-hetero) is 1. The van der Waals surface area contributed by atoms with Crippen LogP contribution in [0.3, 0.4) is 0 Å². The Hall–Kier alpha value is -0.940. The second kappa shape index (κ2) is 7.48. The third-order valence-corrected chi connectivity index (χ3v) is 3.10. The number of nitrogens with one attached hydrogen (secondary N) is 1. The molecule has 0 bridgehead atoms. The van der Waals surface area contributed by atoms with E-state index in [1.165, 1.54) is 6.92 Å². The van der Waals surface area contributed by atoms with Crippen molar-refractivity contribution in [3.8, 4) is 0 Å². The van der Waals surface area contributed by atoms with Crippen molar-refractivity contribution in [3.05, 3.63) is 0 Å². The number of amides is 1. The molecule has 18 heavy (non-hydrogen) atoms. The normalized spacial score (nSPS) is 19.3. The number of nitrogens with zero attached hydrogens (tertiary/aromatic N) is 1. The minimum absolute atomic E-state index is 0.0116. The van der Waals surface area contributed by atoms with Crippen LogP contribution in [0.4, 0.5) is 0 Å². The van der Waals surface area contributed by atoms with Gasteiger partial charge in [0.2, 0.25) is 5.91 Å². The molecule has 1 saturated heterocycles. The molecule has 0 aromatic heterocycles. The van der Waals surface area contributed by atoms with Crippen LogP contribution in [-0.4, -0.2) is 55.5 Å². The molecule has 1 aliphatic heterocycles. The summed E-state index contributed by atoms with van der Waals surface area (Å²) in [7, 11) is 0. The number of rotatable bonds is 5. The molecule has 1 N–H and O–H groups in total. The number of ketones is 1. The third-order valence-electron chi connectivity index (χ3n) is 3.10. The highest BCUT2D eigenvalue weighted by Gasteiger charge is 2.21. The van der Waals surface area contributed by atoms with Crippen molar-refractivity contribution in [2.75, 3.05) is 32.8 Å². The Labute approximate surface area is 109 Å². The summed E-state index contributed by atoms with van der Waals surface area (Å²) in [5.41, 5.74) is 0. The van der Waals surface area contributed by atoms with Gasteiger partial charge in [-0.15, -0.1) is 0 Å². The van der Waals surface area contributed by atoms with Gasteiger partial charge in [0, 0.05) is 19.7 Å². The Bertz CT molecular complexity index is 284. The van der Waals surface area contributed by atoms with Crippen molar-refractivity contribution in [1.29, 1.82) is 0 Å². The van der Waals surface area contributed by atoms with Gasteiger partial charge >= 0.3 is 0 Å². The van der Waals surface area contributed by atoms with E-state index in [2.05, 4.69) is 10.2 Å². The fraction of sp³-hybridized carbons (Fsp3) is 0.846. The highest BCUT2D eigenvalue weighted by Crippen LogP contribution is 2.03. The van der Waals surface area contributed by atoms with Crippen LogP contribution < -0.4 is 5.32 Å². The van der Waals surface area contributed by atoms with Crippen LogP contribution in [-0.2, 0) is 14.3 Å². The Kier molecular flexibility index (Phi) is 6.29. The quantitative estimate of drug-likeness (QED) is 0.775. The molecule has 1 amide bonds. The zero-order valence-corrected chi connectivity index (χ0v) is 11.6. The molecule has 1 aliphatic rings. The standard InChI is InChI=1S/C13H24N2O3/c1-10(2)13(11(3)16)14-12(17)9-15-5-4-7-18-8-6-15/h10,13H,4-9H2,1-3H3,(H,14,17). The van der Waals surface area contributed by atoms with Gasteiger partial charge < -0.3 is 10.1 Å². The Morgan fingerprint density at radius 3 is 2.61 bits per heavy atom. The monoisotopic (exact) mass is 256 g/mol. The highest BCUT2D eigenvalue weighted by molar-refractivity contribution is 5.88. The highest BCUT2D eigenvalue weighted by atomic mass is 16.5. The van der Waals surface area contributed by atoms with Gasteiger partial charge in [-0.2, -0.15) is 0 Å². The molecule has 1 fully saturated rings. The number of carbonyl (C=O) groups is 2. The van der Waals surface area contributed by atoms with E-state index in [1.807, 2.05) is 13.8 Å². The lowest BCUT2D eigenvalue weighted by molar-refractivity contribution is -0.128. The molecule has 0 radical (unpaired) electrons. The number of ether oxygens (including phenoxy) is 1. The zero-order valence-electron chi connectivity index (χ0n) is 11.6. The Balaban J connectivity index is 2.41. The first-order chi connectivity index (χ1) is 8.50. The van der Waals surface area contributed by atoms with Crippen LogP contribution in [0.2, 0.25) is 0 Å². The van der Waals surface area contributed by atoms with Gasteiger partial charge in [0.15, 0.2) is 5.78 Å². The summed E-state index contributed by atoms with van der Waals surface area (Å²) in [4.78, 5) is 25.4. The summed E-state index contributed by atoms with van der Waals surface area (Å²) < 4.78 is 5.34. The van der Waals surface area contributed by atoms with Crippen molar-refractivity contribution >= 4 is 11.7 Å². The van der Waals surface area contributed by atoms with Gasteiger partial charge in [0.05, 0.1) is 19.2 Å². The first-order valence-electron chi connectivity index (χ1n) is 6.60. The van der Waals surface area contributed by atoms with Gasteiger partial charge in [0.1, 0.15) is 0 Å². The zero-order chi connectivity index (χ0) is 13.5. The molecule has 0 aromatic rings. The van der Waals surface area contributed by atoms with Crippen LogP contribution in [0, 0.1) is 5.92 Å². The molecule has 1 atom stereocenters.